The third kappa shape index (κ3) is 3.84. The van der Waals surface area contributed by atoms with Crippen LogP contribution >= 0.6 is 11.3 Å². The maximum absolute atomic E-state index is 14.4. The Morgan fingerprint density at radius 2 is 2.08 bits per heavy atom. The van der Waals surface area contributed by atoms with Crippen LogP contribution in [0.1, 0.15) is 13.8 Å². The van der Waals surface area contributed by atoms with Gasteiger partial charge in [0.2, 0.25) is 5.91 Å². The Hall–Kier alpha value is -2.51. The monoisotopic (exact) mass is 373 g/mol. The van der Waals surface area contributed by atoms with Crippen LogP contribution in [0.4, 0.5) is 10.1 Å². The molecule has 0 spiro atoms. The fourth-order valence-electron chi connectivity index (χ4n) is 2.39. The maximum atomic E-state index is 14.4. The summed E-state index contributed by atoms with van der Waals surface area (Å²) >= 11 is 1.45. The summed E-state index contributed by atoms with van der Waals surface area (Å²) in [5.74, 6) is 0.0159. The molecule has 136 valence electrons. The summed E-state index contributed by atoms with van der Waals surface area (Å²) in [5.41, 5.74) is 1.73. The Bertz CT molecular complexity index is 942. The third-order valence-electron chi connectivity index (χ3n) is 3.90. The lowest BCUT2D eigenvalue weighted by atomic mass is 10.2. The molecule has 0 saturated heterocycles. The molecule has 5 nitrogen and oxygen atoms in total. The number of anilines is 1. The van der Waals surface area contributed by atoms with Gasteiger partial charge in [-0.2, -0.15) is 0 Å². The molecule has 0 radical (unpaired) electrons. The molecular formula is C19H19FN2O3S. The first-order valence-electron chi connectivity index (χ1n) is 8.15. The van der Waals surface area contributed by atoms with Gasteiger partial charge in [0.05, 0.1) is 15.9 Å². The van der Waals surface area contributed by atoms with Crippen LogP contribution in [0, 0.1) is 5.82 Å². The molecule has 1 heterocycles. The Morgan fingerprint density at radius 3 is 2.77 bits per heavy atom. The number of amides is 1. The van der Waals surface area contributed by atoms with E-state index in [0.29, 0.717) is 22.9 Å². The van der Waals surface area contributed by atoms with Gasteiger partial charge in [-0.1, -0.05) is 0 Å². The van der Waals surface area contributed by atoms with Crippen LogP contribution in [-0.4, -0.2) is 31.3 Å². The smallest absolute Gasteiger partial charge is 0.223 e. The topological polar surface area (TPSA) is 51.7 Å². The number of halogens is 1. The first-order valence-corrected chi connectivity index (χ1v) is 8.96. The average molecular weight is 373 g/mol. The highest BCUT2D eigenvalue weighted by Gasteiger charge is 2.14. The van der Waals surface area contributed by atoms with Crippen molar-refractivity contribution in [1.82, 2.24) is 4.98 Å². The normalized spacial score (nSPS) is 10.9. The molecule has 0 aliphatic heterocycles. The Morgan fingerprint density at radius 1 is 1.27 bits per heavy atom. The highest BCUT2D eigenvalue weighted by molar-refractivity contribution is 7.21. The lowest BCUT2D eigenvalue weighted by molar-refractivity contribution is -0.116. The third-order valence-corrected chi connectivity index (χ3v) is 4.97. The molecule has 0 atom stereocenters. The Kier molecular flexibility index (Phi) is 5.49. The van der Waals surface area contributed by atoms with Gasteiger partial charge < -0.3 is 14.4 Å². The first kappa shape index (κ1) is 18.3. The van der Waals surface area contributed by atoms with Crippen molar-refractivity contribution in [3.63, 3.8) is 0 Å². The van der Waals surface area contributed by atoms with E-state index in [-0.39, 0.29) is 18.4 Å². The average Bonchev–Trinajstić information content (AvgIpc) is 3.04. The van der Waals surface area contributed by atoms with E-state index in [2.05, 4.69) is 4.98 Å². The second-order valence-electron chi connectivity index (χ2n) is 5.65. The van der Waals surface area contributed by atoms with E-state index < -0.39 is 5.82 Å². The zero-order valence-electron chi connectivity index (χ0n) is 14.8. The number of benzene rings is 2. The highest BCUT2D eigenvalue weighted by Crippen LogP contribution is 2.34. The zero-order chi connectivity index (χ0) is 18.7. The molecule has 0 saturated carbocycles. The molecule has 2 aromatic carbocycles. The highest BCUT2D eigenvalue weighted by atomic mass is 32.1. The largest absolute Gasteiger partial charge is 0.468 e. The molecule has 1 amide bonds. The molecule has 3 rings (SSSR count). The number of fused-ring (bicyclic) bond motifs is 1. The van der Waals surface area contributed by atoms with Gasteiger partial charge in [0, 0.05) is 26.1 Å². The summed E-state index contributed by atoms with van der Waals surface area (Å²) in [5, 5.41) is 0.706. The molecular weight excluding hydrogens is 354 g/mol. The molecule has 26 heavy (non-hydrogen) atoms. The quantitative estimate of drug-likeness (QED) is 0.473. The number of carbonyl (C=O) groups excluding carboxylic acids is 1. The standard InChI is InChI=1S/C19H19FN2O3S/c1-4-24-11-25-14-6-7-16-18(10-14)26-19(21-16)13-5-8-17(15(20)9-13)22(3)12(2)23/h5-10H,4,11H2,1-3H3/i20-1. The van der Waals surface area contributed by atoms with E-state index in [4.69, 9.17) is 9.47 Å². The number of carbonyl (C=O) groups is 1. The van der Waals surface area contributed by atoms with Gasteiger partial charge in [0.25, 0.3) is 0 Å². The van der Waals surface area contributed by atoms with Crippen molar-refractivity contribution in [2.75, 3.05) is 25.3 Å². The maximum Gasteiger partial charge on any atom is 0.223 e. The van der Waals surface area contributed by atoms with E-state index in [9.17, 15) is 9.18 Å². The van der Waals surface area contributed by atoms with E-state index in [1.165, 1.54) is 29.2 Å². The minimum atomic E-state index is -0.458. The predicted octanol–water partition coefficient (Wildman–Crippen LogP) is 4.46. The summed E-state index contributed by atoms with van der Waals surface area (Å²) in [6.45, 7) is 4.09. The van der Waals surface area contributed by atoms with Crippen molar-refractivity contribution < 1.29 is 18.7 Å². The molecule has 0 unspecified atom stereocenters. The number of hydrogen-bond donors (Lipinski definition) is 0. The lowest BCUT2D eigenvalue weighted by Gasteiger charge is -2.16. The Balaban J connectivity index is 1.88. The molecule has 7 heteroatoms. The number of rotatable bonds is 6. The van der Waals surface area contributed by atoms with Gasteiger partial charge in [-0.3, -0.25) is 4.79 Å². The number of aromatic nitrogens is 1. The van der Waals surface area contributed by atoms with Crippen LogP contribution in [-0.2, 0) is 9.53 Å². The van der Waals surface area contributed by atoms with Crippen molar-refractivity contribution in [2.45, 2.75) is 13.8 Å². The van der Waals surface area contributed by atoms with Crippen molar-refractivity contribution in [1.29, 1.82) is 0 Å². The summed E-state index contributed by atoms with van der Waals surface area (Å²) in [6.07, 6.45) is 0. The number of thiazole rings is 1. The van der Waals surface area contributed by atoms with Gasteiger partial charge >= 0.3 is 0 Å². The minimum absolute atomic E-state index is 0.198. The van der Waals surface area contributed by atoms with E-state index in [1.54, 1.807) is 19.2 Å². The van der Waals surface area contributed by atoms with E-state index in [0.717, 1.165) is 10.2 Å². The van der Waals surface area contributed by atoms with Crippen LogP contribution in [0.2, 0.25) is 0 Å². The zero-order valence-corrected chi connectivity index (χ0v) is 15.6. The van der Waals surface area contributed by atoms with E-state index >= 15 is 0 Å². The van der Waals surface area contributed by atoms with Gasteiger partial charge in [0.15, 0.2) is 6.79 Å². The van der Waals surface area contributed by atoms with Crippen molar-refractivity contribution in [3.05, 3.63) is 42.2 Å². The second-order valence-corrected chi connectivity index (χ2v) is 6.68. The van der Waals surface area contributed by atoms with Gasteiger partial charge in [0.1, 0.15) is 16.6 Å². The van der Waals surface area contributed by atoms with Gasteiger partial charge in [-0.15, -0.1) is 11.3 Å². The van der Waals surface area contributed by atoms with Crippen LogP contribution in [0.15, 0.2) is 36.4 Å². The summed E-state index contributed by atoms with van der Waals surface area (Å²) in [6, 6.07) is 10.3. The fourth-order valence-corrected chi connectivity index (χ4v) is 3.38. The van der Waals surface area contributed by atoms with Crippen LogP contribution in [0.3, 0.4) is 0 Å². The first-order chi connectivity index (χ1) is 12.5. The van der Waals surface area contributed by atoms with Crippen LogP contribution in [0.5, 0.6) is 5.75 Å². The number of nitrogens with zero attached hydrogens (tertiary/aromatic N) is 2. The van der Waals surface area contributed by atoms with Crippen molar-refractivity contribution in [2.24, 2.45) is 0 Å². The van der Waals surface area contributed by atoms with Crippen molar-refractivity contribution >= 4 is 33.1 Å². The number of ether oxygens (including phenoxy) is 2. The fraction of sp³-hybridized carbons (Fsp3) is 0.263. The molecule has 1 aromatic heterocycles. The molecule has 0 aliphatic rings. The molecule has 0 aliphatic carbocycles. The SMILES string of the molecule is CCOCOc1ccc2nc(-c3ccc(N(C)C(C)=O)c([18F])c3)sc2c1. The lowest BCUT2D eigenvalue weighted by Crippen LogP contribution is -2.23. The molecule has 3 aromatic rings. The van der Waals surface area contributed by atoms with E-state index in [1.807, 2.05) is 25.1 Å². The molecule has 0 bridgehead atoms. The molecule has 0 fully saturated rings. The number of hydrogen-bond acceptors (Lipinski definition) is 5. The summed E-state index contributed by atoms with van der Waals surface area (Å²) in [4.78, 5) is 17.3. The molecule has 0 N–H and O–H groups in total. The van der Waals surface area contributed by atoms with Crippen molar-refractivity contribution in [3.8, 4) is 16.3 Å². The Labute approximate surface area is 155 Å². The van der Waals surface area contributed by atoms with Crippen LogP contribution < -0.4 is 9.64 Å². The van der Waals surface area contributed by atoms with Gasteiger partial charge in [-0.05, 0) is 43.3 Å². The summed E-state index contributed by atoms with van der Waals surface area (Å²) < 4.78 is 26.0. The van der Waals surface area contributed by atoms with Gasteiger partial charge in [-0.25, -0.2) is 9.37 Å². The summed E-state index contributed by atoms with van der Waals surface area (Å²) in [7, 11) is 1.54. The van der Waals surface area contributed by atoms with Crippen LogP contribution in [0.25, 0.3) is 20.8 Å². The predicted molar refractivity (Wildman–Crippen MR) is 101 cm³/mol. The second kappa shape index (κ2) is 7.80. The minimum Gasteiger partial charge on any atom is -0.468 e.